The zero-order valence-electron chi connectivity index (χ0n) is 12.0. The third-order valence-corrected chi connectivity index (χ3v) is 3.48. The number of rotatable bonds is 5. The highest BCUT2D eigenvalue weighted by Gasteiger charge is 2.26. The summed E-state index contributed by atoms with van der Waals surface area (Å²) in [6.45, 7) is 0. The van der Waals surface area contributed by atoms with Crippen molar-refractivity contribution in [2.24, 2.45) is 0 Å². The number of ether oxygens (including phenoxy) is 2. The molecule has 9 heteroatoms. The largest absolute Gasteiger partial charge is 0.481 e. The van der Waals surface area contributed by atoms with Gasteiger partial charge in [-0.15, -0.1) is 0 Å². The third kappa shape index (κ3) is 3.35. The summed E-state index contributed by atoms with van der Waals surface area (Å²) in [6, 6.07) is 3.98. The van der Waals surface area contributed by atoms with E-state index in [0.717, 1.165) is 0 Å². The Labute approximate surface area is 140 Å². The van der Waals surface area contributed by atoms with Crippen LogP contribution in [0.2, 0.25) is 10.0 Å². The maximum atomic E-state index is 12.6. The van der Waals surface area contributed by atoms with E-state index in [2.05, 4.69) is 9.97 Å². The minimum absolute atomic E-state index is 0.0789. The Kier molecular flexibility index (Phi) is 5.02. The standard InChI is InChI=1S/C14H10Cl2N2O5/c1-22-8-5-9(23-2)18-13(17-8)12(19)10-6(15)3-4-7(16)11(10)14(20)21/h3-5H,1-2H3,(H,20,21). The number of ketones is 1. The van der Waals surface area contributed by atoms with Gasteiger partial charge in [0.05, 0.1) is 41.5 Å². The van der Waals surface area contributed by atoms with Gasteiger partial charge in [-0.1, -0.05) is 23.2 Å². The molecule has 0 saturated heterocycles. The lowest BCUT2D eigenvalue weighted by Gasteiger charge is -2.10. The number of carboxylic acids is 1. The molecule has 0 amide bonds. The SMILES string of the molecule is COc1cc(OC)nc(C(=O)c2c(Cl)ccc(Cl)c2C(=O)O)n1. The van der Waals surface area contributed by atoms with Crippen LogP contribution in [0.1, 0.15) is 26.5 Å². The maximum Gasteiger partial charge on any atom is 0.338 e. The zero-order chi connectivity index (χ0) is 17.1. The van der Waals surface area contributed by atoms with Crippen molar-refractivity contribution in [3.05, 3.63) is 45.2 Å². The Morgan fingerprint density at radius 2 is 1.48 bits per heavy atom. The van der Waals surface area contributed by atoms with Crippen molar-refractivity contribution < 1.29 is 24.2 Å². The number of methoxy groups -OCH3 is 2. The molecule has 0 bridgehead atoms. The van der Waals surface area contributed by atoms with Gasteiger partial charge in [0.15, 0.2) is 0 Å². The van der Waals surface area contributed by atoms with Gasteiger partial charge < -0.3 is 14.6 Å². The van der Waals surface area contributed by atoms with E-state index in [1.807, 2.05) is 0 Å². The van der Waals surface area contributed by atoms with E-state index in [9.17, 15) is 14.7 Å². The summed E-state index contributed by atoms with van der Waals surface area (Å²) in [7, 11) is 2.70. The summed E-state index contributed by atoms with van der Waals surface area (Å²) in [6.07, 6.45) is 0. The maximum absolute atomic E-state index is 12.6. The molecule has 7 nitrogen and oxygen atoms in total. The van der Waals surface area contributed by atoms with Crippen molar-refractivity contribution in [1.82, 2.24) is 9.97 Å². The van der Waals surface area contributed by atoms with E-state index >= 15 is 0 Å². The number of aromatic nitrogens is 2. The van der Waals surface area contributed by atoms with Crippen molar-refractivity contribution in [3.8, 4) is 11.8 Å². The Bertz CT molecular complexity index is 773. The van der Waals surface area contributed by atoms with Crippen molar-refractivity contribution in [3.63, 3.8) is 0 Å². The first-order valence-corrected chi connectivity index (χ1v) is 6.87. The molecule has 0 atom stereocenters. The molecular weight excluding hydrogens is 347 g/mol. The molecule has 2 aromatic rings. The van der Waals surface area contributed by atoms with Crippen LogP contribution in [0.25, 0.3) is 0 Å². The molecule has 1 heterocycles. The topological polar surface area (TPSA) is 98.6 Å². The number of carbonyl (C=O) groups excluding carboxylic acids is 1. The number of carbonyl (C=O) groups is 2. The van der Waals surface area contributed by atoms with Crippen LogP contribution in [0.3, 0.4) is 0 Å². The second kappa shape index (κ2) is 6.80. The lowest BCUT2D eigenvalue weighted by molar-refractivity contribution is 0.0693. The van der Waals surface area contributed by atoms with Crippen molar-refractivity contribution >= 4 is 35.0 Å². The smallest absolute Gasteiger partial charge is 0.338 e. The summed E-state index contributed by atoms with van der Waals surface area (Å²) in [5.41, 5.74) is -0.725. The second-order valence-electron chi connectivity index (χ2n) is 4.19. The molecule has 0 fully saturated rings. The van der Waals surface area contributed by atoms with Crippen LogP contribution >= 0.6 is 23.2 Å². The van der Waals surface area contributed by atoms with Crippen LogP contribution < -0.4 is 9.47 Å². The van der Waals surface area contributed by atoms with Crippen LogP contribution in [0, 0.1) is 0 Å². The number of halogens is 2. The van der Waals surface area contributed by atoms with E-state index in [1.165, 1.54) is 32.4 Å². The fraction of sp³-hybridized carbons (Fsp3) is 0.143. The monoisotopic (exact) mass is 356 g/mol. The molecule has 23 heavy (non-hydrogen) atoms. The summed E-state index contributed by atoms with van der Waals surface area (Å²) in [5.74, 6) is -2.37. The Hall–Kier alpha value is -2.38. The molecule has 0 unspecified atom stereocenters. The van der Waals surface area contributed by atoms with E-state index < -0.39 is 17.3 Å². The third-order valence-electron chi connectivity index (χ3n) is 2.85. The highest BCUT2D eigenvalue weighted by atomic mass is 35.5. The number of nitrogens with zero attached hydrogens (tertiary/aromatic N) is 2. The fourth-order valence-corrected chi connectivity index (χ4v) is 2.29. The number of hydrogen-bond donors (Lipinski definition) is 1. The first kappa shape index (κ1) is 17.0. The van der Waals surface area contributed by atoms with Crippen molar-refractivity contribution in [1.29, 1.82) is 0 Å². The number of hydrogen-bond acceptors (Lipinski definition) is 6. The molecule has 0 aliphatic carbocycles. The summed E-state index contributed by atoms with van der Waals surface area (Å²) >= 11 is 11.8. The van der Waals surface area contributed by atoms with Gasteiger partial charge in [-0.25, -0.2) is 4.79 Å². The van der Waals surface area contributed by atoms with Gasteiger partial charge in [-0.3, -0.25) is 4.79 Å². The Morgan fingerprint density at radius 1 is 1.00 bits per heavy atom. The average molecular weight is 357 g/mol. The highest BCUT2D eigenvalue weighted by molar-refractivity contribution is 6.39. The molecule has 0 aliphatic heterocycles. The van der Waals surface area contributed by atoms with E-state index in [-0.39, 0.29) is 33.2 Å². The summed E-state index contributed by atoms with van der Waals surface area (Å²) < 4.78 is 9.91. The Balaban J connectivity index is 2.66. The predicted octanol–water partition coefficient (Wildman–Crippen LogP) is 2.73. The normalized spacial score (nSPS) is 10.3. The molecule has 1 aromatic carbocycles. The molecular formula is C14H10Cl2N2O5. The summed E-state index contributed by atoms with van der Waals surface area (Å²) in [4.78, 5) is 31.8. The number of carboxylic acid groups (broad SMARTS) is 1. The molecule has 0 spiro atoms. The first-order valence-electron chi connectivity index (χ1n) is 6.12. The van der Waals surface area contributed by atoms with Crippen molar-refractivity contribution in [2.45, 2.75) is 0 Å². The van der Waals surface area contributed by atoms with Crippen LogP contribution in [0.4, 0.5) is 0 Å². The Morgan fingerprint density at radius 3 is 1.91 bits per heavy atom. The van der Waals surface area contributed by atoms with Crippen LogP contribution in [-0.2, 0) is 0 Å². The van der Waals surface area contributed by atoms with Gasteiger partial charge in [0.1, 0.15) is 0 Å². The van der Waals surface area contributed by atoms with E-state index in [1.54, 1.807) is 0 Å². The molecule has 0 radical (unpaired) electrons. The van der Waals surface area contributed by atoms with Gasteiger partial charge in [0.2, 0.25) is 23.4 Å². The molecule has 2 rings (SSSR count). The molecule has 1 aromatic heterocycles. The van der Waals surface area contributed by atoms with Gasteiger partial charge in [-0.2, -0.15) is 9.97 Å². The van der Waals surface area contributed by atoms with Crippen LogP contribution in [0.15, 0.2) is 18.2 Å². The van der Waals surface area contributed by atoms with E-state index in [4.69, 9.17) is 32.7 Å². The van der Waals surface area contributed by atoms with Gasteiger partial charge in [0, 0.05) is 0 Å². The minimum Gasteiger partial charge on any atom is -0.481 e. The summed E-state index contributed by atoms with van der Waals surface area (Å²) in [5, 5.41) is 9.08. The highest BCUT2D eigenvalue weighted by Crippen LogP contribution is 2.29. The first-order chi connectivity index (χ1) is 10.9. The molecule has 120 valence electrons. The van der Waals surface area contributed by atoms with Gasteiger partial charge in [-0.05, 0) is 12.1 Å². The quantitative estimate of drug-likeness (QED) is 0.822. The van der Waals surface area contributed by atoms with Crippen molar-refractivity contribution in [2.75, 3.05) is 14.2 Å². The molecule has 0 aliphatic rings. The zero-order valence-corrected chi connectivity index (χ0v) is 13.5. The lowest BCUT2D eigenvalue weighted by atomic mass is 10.0. The van der Waals surface area contributed by atoms with Gasteiger partial charge in [0.25, 0.3) is 0 Å². The van der Waals surface area contributed by atoms with E-state index in [0.29, 0.717) is 0 Å². The minimum atomic E-state index is -1.39. The average Bonchev–Trinajstić information content (AvgIpc) is 2.55. The number of aromatic carboxylic acids is 1. The fourth-order valence-electron chi connectivity index (χ4n) is 1.81. The lowest BCUT2D eigenvalue weighted by Crippen LogP contribution is -2.15. The molecule has 1 N–H and O–H groups in total. The molecule has 0 saturated carbocycles. The predicted molar refractivity (Wildman–Crippen MR) is 82.0 cm³/mol. The second-order valence-corrected chi connectivity index (χ2v) is 5.00. The number of benzene rings is 1. The van der Waals surface area contributed by atoms with Crippen LogP contribution in [0.5, 0.6) is 11.8 Å². The van der Waals surface area contributed by atoms with Gasteiger partial charge >= 0.3 is 5.97 Å². The van der Waals surface area contributed by atoms with Crippen LogP contribution in [-0.4, -0.2) is 41.0 Å².